The van der Waals surface area contributed by atoms with E-state index >= 15 is 0 Å². The molecule has 106 valence electrons. The molecule has 0 radical (unpaired) electrons. The predicted octanol–water partition coefficient (Wildman–Crippen LogP) is 3.01. The molecule has 0 aliphatic carbocycles. The fourth-order valence-electron chi connectivity index (χ4n) is 2.38. The van der Waals surface area contributed by atoms with Crippen LogP contribution in [0.15, 0.2) is 48.5 Å². The molecule has 21 heavy (non-hydrogen) atoms. The van der Waals surface area contributed by atoms with Crippen LogP contribution in [0.2, 0.25) is 0 Å². The van der Waals surface area contributed by atoms with Gasteiger partial charge in [-0.05, 0) is 43.2 Å². The number of hydrogen-bond acceptors (Lipinski definition) is 3. The van der Waals surface area contributed by atoms with Gasteiger partial charge in [-0.1, -0.05) is 35.5 Å². The second kappa shape index (κ2) is 5.50. The van der Waals surface area contributed by atoms with Crippen LogP contribution in [0.25, 0.3) is 16.9 Å². The summed E-state index contributed by atoms with van der Waals surface area (Å²) in [6.07, 6.45) is 0. The zero-order valence-corrected chi connectivity index (χ0v) is 12.2. The maximum Gasteiger partial charge on any atom is 0.105 e. The molecule has 3 rings (SSSR count). The summed E-state index contributed by atoms with van der Waals surface area (Å²) < 4.78 is 1.85. The summed E-state index contributed by atoms with van der Waals surface area (Å²) >= 11 is 0. The number of para-hydroxylation sites is 1. The maximum atomic E-state index is 5.83. The third-order valence-electron chi connectivity index (χ3n) is 3.71. The van der Waals surface area contributed by atoms with Gasteiger partial charge >= 0.3 is 0 Å². The lowest BCUT2D eigenvalue weighted by Gasteiger charge is -2.09. The number of nitrogens with two attached hydrogens (primary N) is 1. The van der Waals surface area contributed by atoms with Gasteiger partial charge in [0.25, 0.3) is 0 Å². The van der Waals surface area contributed by atoms with Gasteiger partial charge in [0.15, 0.2) is 0 Å². The number of aryl methyl sites for hydroxylation is 2. The second-order valence-electron chi connectivity index (χ2n) is 5.14. The van der Waals surface area contributed by atoms with Gasteiger partial charge < -0.3 is 5.73 Å². The van der Waals surface area contributed by atoms with Crippen LogP contribution in [0.1, 0.15) is 16.8 Å². The van der Waals surface area contributed by atoms with Crippen LogP contribution in [0.5, 0.6) is 0 Å². The van der Waals surface area contributed by atoms with E-state index in [1.807, 2.05) is 35.0 Å². The number of nitrogens with zero attached hydrogens (tertiary/aromatic N) is 3. The molecular weight excluding hydrogens is 260 g/mol. The number of hydrogen-bond donors (Lipinski definition) is 1. The molecule has 1 heterocycles. The molecule has 2 aromatic carbocycles. The Labute approximate surface area is 124 Å². The highest BCUT2D eigenvalue weighted by molar-refractivity contribution is 5.65. The molecule has 0 bridgehead atoms. The summed E-state index contributed by atoms with van der Waals surface area (Å²) in [6, 6.07) is 16.4. The first kappa shape index (κ1) is 13.5. The Balaban J connectivity index is 2.21. The van der Waals surface area contributed by atoms with E-state index in [2.05, 4.69) is 42.4 Å². The lowest BCUT2D eigenvalue weighted by molar-refractivity contribution is 0.800. The van der Waals surface area contributed by atoms with Gasteiger partial charge in [-0.3, -0.25) is 0 Å². The molecule has 0 fully saturated rings. The highest BCUT2D eigenvalue weighted by Crippen LogP contribution is 2.26. The van der Waals surface area contributed by atoms with Crippen molar-refractivity contribution in [1.82, 2.24) is 15.0 Å². The fourth-order valence-corrected chi connectivity index (χ4v) is 2.38. The number of benzene rings is 2. The van der Waals surface area contributed by atoms with Gasteiger partial charge in [0.05, 0.1) is 11.4 Å². The first-order valence-corrected chi connectivity index (χ1v) is 6.98. The first-order valence-electron chi connectivity index (χ1n) is 6.98. The normalized spacial score (nSPS) is 10.8. The molecule has 0 atom stereocenters. The van der Waals surface area contributed by atoms with Crippen LogP contribution in [0, 0.1) is 13.8 Å². The lowest BCUT2D eigenvalue weighted by Crippen LogP contribution is -2.03. The molecule has 0 saturated heterocycles. The Kier molecular flexibility index (Phi) is 3.54. The highest BCUT2D eigenvalue weighted by atomic mass is 15.4. The van der Waals surface area contributed by atoms with Crippen molar-refractivity contribution in [3.63, 3.8) is 0 Å². The quantitative estimate of drug-likeness (QED) is 0.801. The van der Waals surface area contributed by atoms with Crippen molar-refractivity contribution >= 4 is 0 Å². The molecule has 0 aliphatic heterocycles. The van der Waals surface area contributed by atoms with Gasteiger partial charge in [-0.15, -0.1) is 5.10 Å². The molecular formula is C17H18N4. The molecule has 3 aromatic rings. The molecule has 0 amide bonds. The summed E-state index contributed by atoms with van der Waals surface area (Å²) in [5, 5.41) is 8.50. The van der Waals surface area contributed by atoms with E-state index in [1.165, 1.54) is 11.1 Å². The predicted molar refractivity (Wildman–Crippen MR) is 84.2 cm³/mol. The van der Waals surface area contributed by atoms with E-state index in [-0.39, 0.29) is 0 Å². The van der Waals surface area contributed by atoms with Gasteiger partial charge in [-0.2, -0.15) is 0 Å². The Morgan fingerprint density at radius 2 is 1.76 bits per heavy atom. The van der Waals surface area contributed by atoms with E-state index in [4.69, 9.17) is 5.73 Å². The van der Waals surface area contributed by atoms with Crippen LogP contribution >= 0.6 is 0 Å². The van der Waals surface area contributed by atoms with E-state index in [0.717, 1.165) is 22.6 Å². The number of rotatable bonds is 3. The number of aromatic nitrogens is 3. The van der Waals surface area contributed by atoms with Gasteiger partial charge in [-0.25, -0.2) is 4.68 Å². The van der Waals surface area contributed by atoms with Crippen LogP contribution in [0.3, 0.4) is 0 Å². The van der Waals surface area contributed by atoms with E-state index in [9.17, 15) is 0 Å². The molecule has 1 aromatic heterocycles. The molecule has 4 heteroatoms. The van der Waals surface area contributed by atoms with Crippen LogP contribution < -0.4 is 5.73 Å². The van der Waals surface area contributed by atoms with Crippen molar-refractivity contribution in [2.24, 2.45) is 5.73 Å². The Morgan fingerprint density at radius 1 is 1.00 bits per heavy atom. The second-order valence-corrected chi connectivity index (χ2v) is 5.14. The third-order valence-corrected chi connectivity index (χ3v) is 3.71. The maximum absolute atomic E-state index is 5.83. The van der Waals surface area contributed by atoms with Crippen molar-refractivity contribution in [3.05, 3.63) is 65.4 Å². The monoisotopic (exact) mass is 278 g/mol. The summed E-state index contributed by atoms with van der Waals surface area (Å²) in [7, 11) is 0. The standard InChI is InChI=1S/C17H18N4/c1-12-8-9-14(10-13(12)2)17-16(11-18)19-20-21(17)15-6-4-3-5-7-15/h3-10H,11,18H2,1-2H3. The SMILES string of the molecule is Cc1ccc(-c2c(CN)nnn2-c2ccccc2)cc1C. The van der Waals surface area contributed by atoms with Crippen molar-refractivity contribution < 1.29 is 0 Å². The van der Waals surface area contributed by atoms with Crippen molar-refractivity contribution in [2.75, 3.05) is 0 Å². The largest absolute Gasteiger partial charge is 0.325 e. The zero-order chi connectivity index (χ0) is 14.8. The average molecular weight is 278 g/mol. The zero-order valence-electron chi connectivity index (χ0n) is 12.2. The van der Waals surface area contributed by atoms with E-state index in [1.54, 1.807) is 0 Å². The molecule has 0 aliphatic rings. The molecule has 4 nitrogen and oxygen atoms in total. The molecule has 0 unspecified atom stereocenters. The van der Waals surface area contributed by atoms with Crippen molar-refractivity contribution in [3.8, 4) is 16.9 Å². The van der Waals surface area contributed by atoms with E-state index < -0.39 is 0 Å². The Hall–Kier alpha value is -2.46. The average Bonchev–Trinajstić information content (AvgIpc) is 2.95. The first-order chi connectivity index (χ1) is 10.2. The lowest BCUT2D eigenvalue weighted by atomic mass is 10.0. The van der Waals surface area contributed by atoms with Crippen LogP contribution in [-0.4, -0.2) is 15.0 Å². The summed E-state index contributed by atoms with van der Waals surface area (Å²) in [6.45, 7) is 4.59. The Bertz CT molecular complexity index is 760. The highest BCUT2D eigenvalue weighted by Gasteiger charge is 2.15. The van der Waals surface area contributed by atoms with Crippen LogP contribution in [0.4, 0.5) is 0 Å². The molecule has 2 N–H and O–H groups in total. The smallest absolute Gasteiger partial charge is 0.105 e. The molecule has 0 spiro atoms. The van der Waals surface area contributed by atoms with Crippen molar-refractivity contribution in [2.45, 2.75) is 20.4 Å². The van der Waals surface area contributed by atoms with Gasteiger partial charge in [0.2, 0.25) is 0 Å². The minimum absolute atomic E-state index is 0.370. The van der Waals surface area contributed by atoms with Crippen LogP contribution in [-0.2, 0) is 6.54 Å². The minimum Gasteiger partial charge on any atom is -0.325 e. The van der Waals surface area contributed by atoms with Gasteiger partial charge in [0, 0.05) is 12.1 Å². The summed E-state index contributed by atoms with van der Waals surface area (Å²) in [5.41, 5.74) is 12.2. The fraction of sp³-hybridized carbons (Fsp3) is 0.176. The van der Waals surface area contributed by atoms with Gasteiger partial charge in [0.1, 0.15) is 5.69 Å². The van der Waals surface area contributed by atoms with Crippen molar-refractivity contribution in [1.29, 1.82) is 0 Å². The van der Waals surface area contributed by atoms with E-state index in [0.29, 0.717) is 6.54 Å². The topological polar surface area (TPSA) is 56.7 Å². The third kappa shape index (κ3) is 2.45. The summed E-state index contributed by atoms with van der Waals surface area (Å²) in [4.78, 5) is 0. The molecule has 0 saturated carbocycles. The summed E-state index contributed by atoms with van der Waals surface area (Å²) in [5.74, 6) is 0. The Morgan fingerprint density at radius 3 is 2.43 bits per heavy atom. The minimum atomic E-state index is 0.370.